The highest BCUT2D eigenvalue weighted by Crippen LogP contribution is 2.44. The molecule has 1 fully saturated rings. The summed E-state index contributed by atoms with van der Waals surface area (Å²) in [5.41, 5.74) is 3.19. The summed E-state index contributed by atoms with van der Waals surface area (Å²) in [6, 6.07) is 14.9. The summed E-state index contributed by atoms with van der Waals surface area (Å²) in [6.45, 7) is 3.35. The summed E-state index contributed by atoms with van der Waals surface area (Å²) in [7, 11) is 0. The zero-order chi connectivity index (χ0) is 24.3. The number of carboxylic acid groups (broad SMARTS) is 1. The number of carbonyl (C=O) groups is 3. The van der Waals surface area contributed by atoms with Crippen LogP contribution in [-0.2, 0) is 14.3 Å². The van der Waals surface area contributed by atoms with Crippen LogP contribution in [0.15, 0.2) is 48.5 Å². The Balaban J connectivity index is 1.44. The third-order valence-corrected chi connectivity index (χ3v) is 6.66. The van der Waals surface area contributed by atoms with Gasteiger partial charge < -0.3 is 20.5 Å². The van der Waals surface area contributed by atoms with E-state index in [9.17, 15) is 19.5 Å². The van der Waals surface area contributed by atoms with E-state index in [0.29, 0.717) is 0 Å². The zero-order valence-electron chi connectivity index (χ0n) is 19.3. The van der Waals surface area contributed by atoms with E-state index in [1.807, 2.05) is 36.4 Å². The molecule has 0 heterocycles. The molecule has 2 aromatic carbocycles. The molecule has 2 aliphatic carbocycles. The second-order valence-electron chi connectivity index (χ2n) is 8.92. The molecular weight excluding hydrogens is 432 g/mol. The van der Waals surface area contributed by atoms with Gasteiger partial charge in [0.1, 0.15) is 18.2 Å². The maximum atomic E-state index is 13.1. The van der Waals surface area contributed by atoms with Crippen molar-refractivity contribution in [3.05, 3.63) is 59.7 Å². The molecule has 34 heavy (non-hydrogen) atoms. The van der Waals surface area contributed by atoms with Gasteiger partial charge in [0.15, 0.2) is 0 Å². The van der Waals surface area contributed by atoms with E-state index >= 15 is 0 Å². The molecule has 0 spiro atoms. The Morgan fingerprint density at radius 2 is 1.68 bits per heavy atom. The first-order chi connectivity index (χ1) is 16.3. The molecule has 7 heteroatoms. The third kappa shape index (κ3) is 4.62. The second-order valence-corrected chi connectivity index (χ2v) is 8.92. The van der Waals surface area contributed by atoms with Crippen molar-refractivity contribution in [3.8, 4) is 23.0 Å². The Labute approximate surface area is 198 Å². The third-order valence-electron chi connectivity index (χ3n) is 6.66. The van der Waals surface area contributed by atoms with Crippen molar-refractivity contribution < 1.29 is 24.2 Å². The lowest BCUT2D eigenvalue weighted by atomic mass is 9.94. The van der Waals surface area contributed by atoms with Gasteiger partial charge >= 0.3 is 12.1 Å². The number of fused-ring (bicyclic) bond motifs is 3. The minimum Gasteiger partial charge on any atom is -0.480 e. The average Bonchev–Trinajstić information content (AvgIpc) is 3.64. The maximum absolute atomic E-state index is 13.1. The van der Waals surface area contributed by atoms with E-state index in [0.717, 1.165) is 35.1 Å². The summed E-state index contributed by atoms with van der Waals surface area (Å²) in [5.74, 6) is 3.42. The molecule has 0 bridgehead atoms. The summed E-state index contributed by atoms with van der Waals surface area (Å²) >= 11 is 0. The summed E-state index contributed by atoms with van der Waals surface area (Å²) in [4.78, 5) is 37.4. The van der Waals surface area contributed by atoms with Crippen LogP contribution < -0.4 is 10.6 Å². The first kappa shape index (κ1) is 23.4. The van der Waals surface area contributed by atoms with Gasteiger partial charge in [-0.3, -0.25) is 4.79 Å². The van der Waals surface area contributed by atoms with Crippen molar-refractivity contribution in [3.63, 3.8) is 0 Å². The Morgan fingerprint density at radius 1 is 1.09 bits per heavy atom. The molecule has 0 aromatic heterocycles. The Bertz CT molecular complexity index is 1130. The number of benzene rings is 2. The number of carbonyl (C=O) groups excluding carboxylic acids is 2. The van der Waals surface area contributed by atoms with Crippen LogP contribution in [0.25, 0.3) is 11.1 Å². The van der Waals surface area contributed by atoms with Crippen molar-refractivity contribution in [1.29, 1.82) is 0 Å². The van der Waals surface area contributed by atoms with Gasteiger partial charge in [0.05, 0.1) is 0 Å². The van der Waals surface area contributed by atoms with Gasteiger partial charge in [-0.1, -0.05) is 48.5 Å². The lowest BCUT2D eigenvalue weighted by Crippen LogP contribution is -2.61. The molecule has 2 unspecified atom stereocenters. The summed E-state index contributed by atoms with van der Waals surface area (Å²) in [5, 5.41) is 14.7. The quantitative estimate of drug-likeness (QED) is 0.522. The van der Waals surface area contributed by atoms with Crippen molar-refractivity contribution in [2.24, 2.45) is 5.92 Å². The molecule has 7 nitrogen and oxygen atoms in total. The van der Waals surface area contributed by atoms with E-state index in [2.05, 4.69) is 34.6 Å². The largest absolute Gasteiger partial charge is 0.480 e. The molecule has 4 rings (SSSR count). The van der Waals surface area contributed by atoms with Crippen LogP contribution in [0.3, 0.4) is 0 Å². The van der Waals surface area contributed by atoms with Crippen LogP contribution in [0.4, 0.5) is 4.79 Å². The molecule has 0 saturated heterocycles. The van der Waals surface area contributed by atoms with E-state index in [-0.39, 0.29) is 24.9 Å². The lowest BCUT2D eigenvalue weighted by molar-refractivity contribution is -0.142. The number of carboxylic acids is 1. The van der Waals surface area contributed by atoms with Gasteiger partial charge in [0.2, 0.25) is 5.91 Å². The molecule has 0 radical (unpaired) electrons. The fraction of sp³-hybridized carbons (Fsp3) is 0.370. The first-order valence-electron chi connectivity index (χ1n) is 11.4. The predicted molar refractivity (Wildman–Crippen MR) is 127 cm³/mol. The molecule has 3 N–H and O–H groups in total. The summed E-state index contributed by atoms with van der Waals surface area (Å²) < 4.78 is 5.61. The van der Waals surface area contributed by atoms with Crippen LogP contribution in [0.2, 0.25) is 0 Å². The number of alkyl carbamates (subject to hydrolysis) is 1. The minimum absolute atomic E-state index is 0.0107. The number of hydrogen-bond acceptors (Lipinski definition) is 4. The number of ether oxygens (including phenoxy) is 1. The lowest BCUT2D eigenvalue weighted by Gasteiger charge is -2.30. The normalized spacial score (nSPS) is 16.6. The van der Waals surface area contributed by atoms with Gasteiger partial charge in [-0.15, -0.1) is 11.8 Å². The van der Waals surface area contributed by atoms with Crippen molar-refractivity contribution in [1.82, 2.24) is 10.6 Å². The van der Waals surface area contributed by atoms with Gasteiger partial charge in [-0.2, -0.15) is 0 Å². The molecule has 2 aromatic rings. The Kier molecular flexibility index (Phi) is 6.60. The fourth-order valence-corrected chi connectivity index (χ4v) is 4.56. The molecule has 0 aliphatic heterocycles. The number of nitrogens with one attached hydrogen (secondary N) is 2. The molecule has 2 atom stereocenters. The van der Waals surface area contributed by atoms with Crippen molar-refractivity contribution >= 4 is 18.0 Å². The van der Waals surface area contributed by atoms with Gasteiger partial charge in [-0.05, 0) is 54.9 Å². The van der Waals surface area contributed by atoms with E-state index in [4.69, 9.17) is 4.74 Å². The second kappa shape index (κ2) is 9.60. The predicted octanol–water partition coefficient (Wildman–Crippen LogP) is 3.68. The number of rotatable bonds is 8. The molecule has 2 aliphatic rings. The maximum Gasteiger partial charge on any atom is 0.408 e. The van der Waals surface area contributed by atoms with Gasteiger partial charge in [-0.25, -0.2) is 9.59 Å². The van der Waals surface area contributed by atoms with Crippen molar-refractivity contribution in [2.75, 3.05) is 6.61 Å². The van der Waals surface area contributed by atoms with Gasteiger partial charge in [0, 0.05) is 12.3 Å². The highest BCUT2D eigenvalue weighted by atomic mass is 16.5. The fourth-order valence-electron chi connectivity index (χ4n) is 4.56. The molecule has 2 amide bonds. The highest BCUT2D eigenvalue weighted by Gasteiger charge is 2.49. The molecule has 176 valence electrons. The minimum atomic E-state index is -1.27. The first-order valence-corrected chi connectivity index (χ1v) is 11.4. The number of aliphatic carboxylic acids is 1. The van der Waals surface area contributed by atoms with Crippen LogP contribution in [0.5, 0.6) is 0 Å². The van der Waals surface area contributed by atoms with Crippen LogP contribution in [0.1, 0.15) is 50.2 Å². The number of amides is 2. The van der Waals surface area contributed by atoms with Crippen LogP contribution in [-0.4, -0.2) is 41.3 Å². The number of hydrogen-bond donors (Lipinski definition) is 3. The molecule has 1 saturated carbocycles. The molecular formula is C27H28N2O5. The monoisotopic (exact) mass is 460 g/mol. The van der Waals surface area contributed by atoms with E-state index in [1.165, 1.54) is 0 Å². The van der Waals surface area contributed by atoms with Crippen LogP contribution >= 0.6 is 0 Å². The zero-order valence-corrected chi connectivity index (χ0v) is 19.3. The SMILES string of the molecule is CC#CCC(NC(=O)C(C)(NC(=O)OCC1c2ccccc2-c2ccccc21)C1CC1)C(=O)O. The van der Waals surface area contributed by atoms with Crippen LogP contribution in [0, 0.1) is 17.8 Å². The average molecular weight is 461 g/mol. The standard InChI is InChI=1S/C27H28N2O5/c1-3-4-13-23(24(30)31)28-25(32)27(2,17-14-15-17)29-26(33)34-16-22-20-11-7-5-9-18(20)19-10-6-8-12-21(19)22/h5-12,17,22-23H,13-16H2,1-2H3,(H,28,32)(H,29,33)(H,30,31). The Hall–Kier alpha value is -3.79. The topological polar surface area (TPSA) is 105 Å². The Morgan fingerprint density at radius 3 is 2.21 bits per heavy atom. The van der Waals surface area contributed by atoms with E-state index in [1.54, 1.807) is 13.8 Å². The van der Waals surface area contributed by atoms with Crippen molar-refractivity contribution in [2.45, 2.75) is 50.6 Å². The van der Waals surface area contributed by atoms with Gasteiger partial charge in [0.25, 0.3) is 0 Å². The summed E-state index contributed by atoms with van der Waals surface area (Å²) in [6.07, 6.45) is 0.815. The smallest absolute Gasteiger partial charge is 0.408 e. The highest BCUT2D eigenvalue weighted by molar-refractivity contribution is 5.93. The van der Waals surface area contributed by atoms with E-state index < -0.39 is 29.6 Å².